The number of halogens is 3. The molecule has 3 aromatic carbocycles. The lowest BCUT2D eigenvalue weighted by Gasteiger charge is -2.33. The van der Waals surface area contributed by atoms with E-state index >= 15 is 0 Å². The van der Waals surface area contributed by atoms with Crippen LogP contribution < -0.4 is 16.0 Å². The molecule has 12 heteroatoms. The van der Waals surface area contributed by atoms with E-state index < -0.39 is 46.5 Å². The number of benzene rings is 3. The Morgan fingerprint density at radius 2 is 1.77 bits per heavy atom. The van der Waals surface area contributed by atoms with Crippen LogP contribution in [-0.2, 0) is 22.6 Å². The van der Waals surface area contributed by atoms with E-state index in [9.17, 15) is 28.3 Å². The summed E-state index contributed by atoms with van der Waals surface area (Å²) in [6.45, 7) is 5.94. The molecule has 1 saturated heterocycles. The summed E-state index contributed by atoms with van der Waals surface area (Å²) < 4.78 is 27.2. The first-order valence-electron chi connectivity index (χ1n) is 13.6. The van der Waals surface area contributed by atoms with Gasteiger partial charge in [0.25, 0.3) is 5.91 Å². The first-order chi connectivity index (χ1) is 20.4. The fourth-order valence-electron chi connectivity index (χ4n) is 4.93. The van der Waals surface area contributed by atoms with E-state index in [4.69, 9.17) is 0 Å². The quantitative estimate of drug-likeness (QED) is 0.252. The maximum absolute atomic E-state index is 14.4. The lowest BCUT2D eigenvalue weighted by molar-refractivity contribution is -0.147. The van der Waals surface area contributed by atoms with Crippen molar-refractivity contribution in [1.29, 1.82) is 0 Å². The van der Waals surface area contributed by atoms with E-state index in [1.807, 2.05) is 45.0 Å². The second-order valence-corrected chi connectivity index (χ2v) is 13.3. The van der Waals surface area contributed by atoms with E-state index in [0.29, 0.717) is 6.07 Å². The van der Waals surface area contributed by atoms with Gasteiger partial charge in [0, 0.05) is 21.8 Å². The number of rotatable bonds is 9. The third-order valence-electron chi connectivity index (χ3n) is 7.29. The van der Waals surface area contributed by atoms with Gasteiger partial charge < -0.3 is 26.0 Å². The minimum atomic E-state index is -1.74. The number of urea groups is 1. The van der Waals surface area contributed by atoms with Crippen LogP contribution in [0.15, 0.2) is 71.2 Å². The molecule has 228 valence electrons. The predicted molar refractivity (Wildman–Crippen MR) is 166 cm³/mol. The first-order valence-corrected chi connectivity index (χ1v) is 15.4. The van der Waals surface area contributed by atoms with Gasteiger partial charge in [-0.05, 0) is 65.9 Å². The van der Waals surface area contributed by atoms with Crippen molar-refractivity contribution in [1.82, 2.24) is 15.5 Å². The molecule has 4 amide bonds. The summed E-state index contributed by atoms with van der Waals surface area (Å²) in [6, 6.07) is 15.2. The lowest BCUT2D eigenvalue weighted by atomic mass is 9.97. The highest BCUT2D eigenvalue weighted by molar-refractivity contribution is 9.10. The highest BCUT2D eigenvalue weighted by Crippen LogP contribution is 2.40. The standard InChI is InChI=1S/C31H33BrF2N4O4S/c1-18-9-7-8-12-20(18)16-35-28(40)27-31(2,3)43-17-38(27)29(41)26(39)24(13-19-10-5-4-6-11-19)36-30(42)37-25-22(32)14-21(33)15-23(25)34/h4-12,14-15,24,26-27,39H,13,16-17H2,1-3H3,(H,35,40)(H2,36,37,42)/t24-,26-,27+/m0/s1. The molecule has 1 fully saturated rings. The molecule has 1 aliphatic heterocycles. The maximum atomic E-state index is 14.4. The van der Waals surface area contributed by atoms with Gasteiger partial charge in [-0.1, -0.05) is 54.6 Å². The van der Waals surface area contributed by atoms with Gasteiger partial charge in [-0.25, -0.2) is 13.6 Å². The Labute approximate surface area is 261 Å². The molecule has 43 heavy (non-hydrogen) atoms. The largest absolute Gasteiger partial charge is 0.381 e. The number of anilines is 1. The zero-order chi connectivity index (χ0) is 31.3. The number of carbonyl (C=O) groups excluding carboxylic acids is 3. The molecular weight excluding hydrogens is 642 g/mol. The second-order valence-electron chi connectivity index (χ2n) is 10.8. The summed E-state index contributed by atoms with van der Waals surface area (Å²) in [5, 5.41) is 19.2. The Bertz CT molecular complexity index is 1470. The van der Waals surface area contributed by atoms with Gasteiger partial charge in [0.2, 0.25) is 5.91 Å². The number of hydrogen-bond donors (Lipinski definition) is 4. The van der Waals surface area contributed by atoms with Crippen LogP contribution in [0.4, 0.5) is 19.3 Å². The van der Waals surface area contributed by atoms with Crippen molar-refractivity contribution in [3.63, 3.8) is 0 Å². The first kappa shape index (κ1) is 32.4. The fourth-order valence-corrected chi connectivity index (χ4v) is 6.58. The molecule has 0 radical (unpaired) electrons. The normalized spacial score (nSPS) is 17.2. The van der Waals surface area contributed by atoms with Crippen LogP contribution in [0, 0.1) is 18.6 Å². The van der Waals surface area contributed by atoms with Gasteiger partial charge in [-0.15, -0.1) is 11.8 Å². The van der Waals surface area contributed by atoms with Crippen molar-refractivity contribution >= 4 is 51.2 Å². The van der Waals surface area contributed by atoms with Gasteiger partial charge in [0.1, 0.15) is 11.9 Å². The van der Waals surface area contributed by atoms with E-state index in [1.54, 1.807) is 30.3 Å². The SMILES string of the molecule is Cc1ccccc1CNC(=O)[C@H]1N(C(=O)[C@@H](O)[C@H](Cc2ccccc2)NC(=O)Nc2c(F)cc(F)cc2Br)CSC1(C)C. The smallest absolute Gasteiger partial charge is 0.319 e. The Kier molecular flexibility index (Phi) is 10.5. The number of hydrogen-bond acceptors (Lipinski definition) is 5. The zero-order valence-electron chi connectivity index (χ0n) is 23.9. The fraction of sp³-hybridized carbons (Fsp3) is 0.323. The van der Waals surface area contributed by atoms with Gasteiger partial charge >= 0.3 is 6.03 Å². The van der Waals surface area contributed by atoms with Crippen molar-refractivity contribution in [3.8, 4) is 0 Å². The van der Waals surface area contributed by atoms with Crippen LogP contribution in [0.5, 0.6) is 0 Å². The maximum Gasteiger partial charge on any atom is 0.319 e. The number of thioether (sulfide) groups is 1. The number of aliphatic hydroxyl groups is 1. The van der Waals surface area contributed by atoms with Gasteiger partial charge in [-0.2, -0.15) is 0 Å². The molecule has 0 aromatic heterocycles. The van der Waals surface area contributed by atoms with Crippen molar-refractivity contribution in [2.24, 2.45) is 0 Å². The lowest BCUT2D eigenvalue weighted by Crippen LogP contribution is -2.59. The average Bonchev–Trinajstić information content (AvgIpc) is 3.28. The van der Waals surface area contributed by atoms with Crippen LogP contribution in [0.1, 0.15) is 30.5 Å². The molecule has 0 saturated carbocycles. The third-order valence-corrected chi connectivity index (χ3v) is 9.29. The Hall–Kier alpha value is -3.48. The highest BCUT2D eigenvalue weighted by atomic mass is 79.9. The molecule has 4 N–H and O–H groups in total. The highest BCUT2D eigenvalue weighted by Gasteiger charge is 2.49. The van der Waals surface area contributed by atoms with Crippen LogP contribution in [0.25, 0.3) is 0 Å². The Balaban J connectivity index is 1.53. The third kappa shape index (κ3) is 7.92. The second kappa shape index (κ2) is 13.9. The molecule has 8 nitrogen and oxygen atoms in total. The predicted octanol–water partition coefficient (Wildman–Crippen LogP) is 5.13. The van der Waals surface area contributed by atoms with Crippen molar-refractivity contribution in [3.05, 3.63) is 99.5 Å². The molecule has 1 aliphatic rings. The van der Waals surface area contributed by atoms with Gasteiger partial charge in [0.15, 0.2) is 11.9 Å². The van der Waals surface area contributed by atoms with E-state index in [2.05, 4.69) is 31.9 Å². The summed E-state index contributed by atoms with van der Waals surface area (Å²) in [5.41, 5.74) is 2.38. The molecule has 3 aromatic rings. The van der Waals surface area contributed by atoms with Crippen molar-refractivity contribution in [2.45, 2.75) is 56.7 Å². The Morgan fingerprint density at radius 3 is 2.44 bits per heavy atom. The summed E-state index contributed by atoms with van der Waals surface area (Å²) >= 11 is 4.44. The van der Waals surface area contributed by atoms with Crippen LogP contribution in [0.3, 0.4) is 0 Å². The number of aliphatic hydroxyl groups excluding tert-OH is 1. The molecule has 3 atom stereocenters. The molecule has 0 spiro atoms. The average molecular weight is 676 g/mol. The van der Waals surface area contributed by atoms with E-state index in [1.165, 1.54) is 16.7 Å². The van der Waals surface area contributed by atoms with Crippen LogP contribution in [0.2, 0.25) is 0 Å². The Morgan fingerprint density at radius 1 is 1.09 bits per heavy atom. The number of aryl methyl sites for hydroxylation is 1. The molecule has 4 rings (SSSR count). The van der Waals surface area contributed by atoms with E-state index in [-0.39, 0.29) is 34.9 Å². The summed E-state index contributed by atoms with van der Waals surface area (Å²) in [5.74, 6) is -2.77. The topological polar surface area (TPSA) is 111 Å². The minimum Gasteiger partial charge on any atom is -0.381 e. The molecular formula is C31H33BrF2N4O4S. The van der Waals surface area contributed by atoms with E-state index in [0.717, 1.165) is 22.8 Å². The van der Waals surface area contributed by atoms with Crippen LogP contribution in [-0.4, -0.2) is 56.7 Å². The monoisotopic (exact) mass is 674 g/mol. The molecule has 0 unspecified atom stereocenters. The van der Waals surface area contributed by atoms with Crippen molar-refractivity contribution < 1.29 is 28.3 Å². The summed E-state index contributed by atoms with van der Waals surface area (Å²) in [4.78, 5) is 41.6. The molecule has 1 heterocycles. The van der Waals surface area contributed by atoms with Gasteiger partial charge in [0.05, 0.1) is 17.6 Å². The summed E-state index contributed by atoms with van der Waals surface area (Å²) in [7, 11) is 0. The number of carbonyl (C=O) groups is 3. The minimum absolute atomic E-state index is 0.0211. The summed E-state index contributed by atoms with van der Waals surface area (Å²) in [6.07, 6.45) is -1.68. The van der Waals surface area contributed by atoms with Gasteiger partial charge in [-0.3, -0.25) is 9.59 Å². The molecule has 0 aliphatic carbocycles. The number of nitrogens with zero attached hydrogens (tertiary/aromatic N) is 1. The number of nitrogens with one attached hydrogen (secondary N) is 3. The zero-order valence-corrected chi connectivity index (χ0v) is 26.3. The van der Waals surface area contributed by atoms with Crippen LogP contribution >= 0.6 is 27.7 Å². The molecule has 0 bridgehead atoms. The van der Waals surface area contributed by atoms with Crippen molar-refractivity contribution in [2.75, 3.05) is 11.2 Å². The number of amides is 4.